The minimum Gasteiger partial charge on any atom is -0.316 e. The third-order valence-electron chi connectivity index (χ3n) is 3.36. The van der Waals surface area contributed by atoms with E-state index in [1.165, 1.54) is 6.42 Å². The molecule has 0 heterocycles. The monoisotopic (exact) mass is 213 g/mol. The van der Waals surface area contributed by atoms with E-state index in [2.05, 4.69) is 53.8 Å². The van der Waals surface area contributed by atoms with E-state index in [-0.39, 0.29) is 0 Å². The van der Waals surface area contributed by atoms with Crippen LogP contribution in [0.3, 0.4) is 0 Å². The molecule has 0 rings (SSSR count). The second-order valence-electron chi connectivity index (χ2n) is 6.41. The zero-order valence-electron chi connectivity index (χ0n) is 11.9. The molecule has 0 aliphatic rings. The molecule has 0 aliphatic carbocycles. The SMILES string of the molecule is CCC(C)C(CNCC(C)C)C(C)(C)C. The summed E-state index contributed by atoms with van der Waals surface area (Å²) in [4.78, 5) is 0. The number of rotatable bonds is 6. The Bertz CT molecular complexity index is 155. The molecule has 0 spiro atoms. The maximum absolute atomic E-state index is 3.61. The fraction of sp³-hybridized carbons (Fsp3) is 1.00. The summed E-state index contributed by atoms with van der Waals surface area (Å²) in [6.45, 7) is 18.6. The molecule has 0 aromatic heterocycles. The van der Waals surface area contributed by atoms with Crippen LogP contribution < -0.4 is 5.32 Å². The normalized spacial score (nSPS) is 16.8. The minimum atomic E-state index is 0.416. The van der Waals surface area contributed by atoms with Crippen LogP contribution in [0.4, 0.5) is 0 Å². The first kappa shape index (κ1) is 15.0. The van der Waals surface area contributed by atoms with Crippen LogP contribution in [0.15, 0.2) is 0 Å². The lowest BCUT2D eigenvalue weighted by Crippen LogP contribution is -2.37. The Hall–Kier alpha value is -0.0400. The molecule has 92 valence electrons. The van der Waals surface area contributed by atoms with Gasteiger partial charge >= 0.3 is 0 Å². The third kappa shape index (κ3) is 6.19. The smallest absolute Gasteiger partial charge is 0.00129 e. The first-order valence-electron chi connectivity index (χ1n) is 6.49. The molecule has 0 aromatic carbocycles. The molecule has 15 heavy (non-hydrogen) atoms. The van der Waals surface area contributed by atoms with E-state index in [0.717, 1.165) is 30.8 Å². The van der Waals surface area contributed by atoms with Crippen LogP contribution in [0.5, 0.6) is 0 Å². The van der Waals surface area contributed by atoms with E-state index in [9.17, 15) is 0 Å². The Morgan fingerprint density at radius 1 is 1.00 bits per heavy atom. The molecule has 0 radical (unpaired) electrons. The Balaban J connectivity index is 4.15. The molecule has 0 bridgehead atoms. The summed E-state index contributed by atoms with van der Waals surface area (Å²) in [6.07, 6.45) is 1.28. The average molecular weight is 213 g/mol. The van der Waals surface area contributed by atoms with Crippen molar-refractivity contribution in [3.8, 4) is 0 Å². The van der Waals surface area contributed by atoms with Crippen molar-refractivity contribution in [1.29, 1.82) is 0 Å². The average Bonchev–Trinajstić information content (AvgIpc) is 2.09. The summed E-state index contributed by atoms with van der Waals surface area (Å²) in [7, 11) is 0. The Morgan fingerprint density at radius 2 is 1.53 bits per heavy atom. The van der Waals surface area contributed by atoms with Crippen LogP contribution in [-0.4, -0.2) is 13.1 Å². The summed E-state index contributed by atoms with van der Waals surface area (Å²) >= 11 is 0. The predicted molar refractivity (Wildman–Crippen MR) is 70.1 cm³/mol. The van der Waals surface area contributed by atoms with Gasteiger partial charge in [-0.2, -0.15) is 0 Å². The summed E-state index contributed by atoms with van der Waals surface area (Å²) in [5.41, 5.74) is 0.416. The molecule has 0 fully saturated rings. The van der Waals surface area contributed by atoms with Gasteiger partial charge in [-0.15, -0.1) is 0 Å². The Kier molecular flexibility index (Phi) is 6.51. The third-order valence-corrected chi connectivity index (χ3v) is 3.36. The molecule has 1 heteroatoms. The van der Waals surface area contributed by atoms with Crippen LogP contribution in [0, 0.1) is 23.2 Å². The molecule has 0 saturated heterocycles. The molecule has 1 nitrogen and oxygen atoms in total. The van der Waals surface area contributed by atoms with Gasteiger partial charge in [0.05, 0.1) is 0 Å². The van der Waals surface area contributed by atoms with Gasteiger partial charge in [-0.3, -0.25) is 0 Å². The minimum absolute atomic E-state index is 0.416. The van der Waals surface area contributed by atoms with Crippen molar-refractivity contribution in [2.75, 3.05) is 13.1 Å². The van der Waals surface area contributed by atoms with Gasteiger partial charge in [0.1, 0.15) is 0 Å². The summed E-state index contributed by atoms with van der Waals surface area (Å²) < 4.78 is 0. The van der Waals surface area contributed by atoms with Crippen LogP contribution in [0.1, 0.15) is 54.9 Å². The predicted octanol–water partition coefficient (Wildman–Crippen LogP) is 3.94. The first-order valence-corrected chi connectivity index (χ1v) is 6.49. The molecule has 0 saturated carbocycles. The van der Waals surface area contributed by atoms with Crippen molar-refractivity contribution in [3.05, 3.63) is 0 Å². The van der Waals surface area contributed by atoms with Gasteiger partial charge in [0.25, 0.3) is 0 Å². The van der Waals surface area contributed by atoms with Crippen LogP contribution in [-0.2, 0) is 0 Å². The zero-order valence-corrected chi connectivity index (χ0v) is 11.9. The van der Waals surface area contributed by atoms with Crippen molar-refractivity contribution in [2.24, 2.45) is 23.2 Å². The molecule has 2 unspecified atom stereocenters. The fourth-order valence-corrected chi connectivity index (χ4v) is 2.17. The zero-order chi connectivity index (χ0) is 12.1. The van der Waals surface area contributed by atoms with Gasteiger partial charge < -0.3 is 5.32 Å². The molecule has 0 aromatic rings. The van der Waals surface area contributed by atoms with E-state index >= 15 is 0 Å². The largest absolute Gasteiger partial charge is 0.316 e. The molecule has 0 aliphatic heterocycles. The van der Waals surface area contributed by atoms with Gasteiger partial charge in [0.2, 0.25) is 0 Å². The summed E-state index contributed by atoms with van der Waals surface area (Å²) in [5.74, 6) is 2.34. The van der Waals surface area contributed by atoms with Gasteiger partial charge in [-0.05, 0) is 36.3 Å². The maximum atomic E-state index is 3.61. The number of nitrogens with one attached hydrogen (secondary N) is 1. The standard InChI is InChI=1S/C14H31N/c1-8-12(4)13(14(5,6)7)10-15-9-11(2)3/h11-13,15H,8-10H2,1-7H3. The highest BCUT2D eigenvalue weighted by atomic mass is 14.9. The van der Waals surface area contributed by atoms with E-state index in [0.29, 0.717) is 5.41 Å². The van der Waals surface area contributed by atoms with Crippen LogP contribution in [0.2, 0.25) is 0 Å². The Labute approximate surface area is 97.0 Å². The van der Waals surface area contributed by atoms with Gasteiger partial charge in [-0.1, -0.05) is 54.9 Å². The van der Waals surface area contributed by atoms with Crippen LogP contribution in [0.25, 0.3) is 0 Å². The highest BCUT2D eigenvalue weighted by Gasteiger charge is 2.28. The Morgan fingerprint density at radius 3 is 1.87 bits per heavy atom. The summed E-state index contributed by atoms with van der Waals surface area (Å²) in [6, 6.07) is 0. The summed E-state index contributed by atoms with van der Waals surface area (Å²) in [5, 5.41) is 3.61. The van der Waals surface area contributed by atoms with Crippen molar-refractivity contribution < 1.29 is 0 Å². The van der Waals surface area contributed by atoms with Gasteiger partial charge in [-0.25, -0.2) is 0 Å². The number of hydrogen-bond donors (Lipinski definition) is 1. The van der Waals surface area contributed by atoms with Crippen molar-refractivity contribution in [2.45, 2.75) is 54.9 Å². The number of hydrogen-bond acceptors (Lipinski definition) is 1. The van der Waals surface area contributed by atoms with Crippen molar-refractivity contribution in [1.82, 2.24) is 5.32 Å². The van der Waals surface area contributed by atoms with Crippen molar-refractivity contribution >= 4 is 0 Å². The molecular weight excluding hydrogens is 182 g/mol. The van der Waals surface area contributed by atoms with E-state index in [4.69, 9.17) is 0 Å². The lowest BCUT2D eigenvalue weighted by Gasteiger charge is -2.35. The fourth-order valence-electron chi connectivity index (χ4n) is 2.17. The topological polar surface area (TPSA) is 12.0 Å². The molecule has 2 atom stereocenters. The van der Waals surface area contributed by atoms with Gasteiger partial charge in [0, 0.05) is 0 Å². The molecule has 0 amide bonds. The molecule has 1 N–H and O–H groups in total. The quantitative estimate of drug-likeness (QED) is 0.704. The van der Waals surface area contributed by atoms with E-state index in [1.807, 2.05) is 0 Å². The van der Waals surface area contributed by atoms with Crippen molar-refractivity contribution in [3.63, 3.8) is 0 Å². The first-order chi connectivity index (χ1) is 6.79. The lowest BCUT2D eigenvalue weighted by atomic mass is 9.73. The lowest BCUT2D eigenvalue weighted by molar-refractivity contribution is 0.159. The van der Waals surface area contributed by atoms with E-state index < -0.39 is 0 Å². The second kappa shape index (κ2) is 6.52. The second-order valence-corrected chi connectivity index (χ2v) is 6.41. The highest BCUT2D eigenvalue weighted by molar-refractivity contribution is 4.79. The maximum Gasteiger partial charge on any atom is -0.00129 e. The van der Waals surface area contributed by atoms with Crippen LogP contribution >= 0.6 is 0 Å². The van der Waals surface area contributed by atoms with Gasteiger partial charge in [0.15, 0.2) is 0 Å². The highest BCUT2D eigenvalue weighted by Crippen LogP contribution is 2.33. The van der Waals surface area contributed by atoms with E-state index in [1.54, 1.807) is 0 Å². The molecular formula is C14H31N.